The van der Waals surface area contributed by atoms with Gasteiger partial charge < -0.3 is 28.8 Å². The van der Waals surface area contributed by atoms with Crippen LogP contribution < -0.4 is 0 Å². The molecule has 11 heteroatoms. The first-order chi connectivity index (χ1) is 13.5. The van der Waals surface area contributed by atoms with Gasteiger partial charge in [0.1, 0.15) is 6.10 Å². The third-order valence-electron chi connectivity index (χ3n) is 5.41. The summed E-state index contributed by atoms with van der Waals surface area (Å²) in [5.41, 5.74) is 0. The van der Waals surface area contributed by atoms with Gasteiger partial charge in [-0.2, -0.15) is 0 Å². The number of aliphatic hydroxyl groups excluding tert-OH is 1. The summed E-state index contributed by atoms with van der Waals surface area (Å²) in [5.74, 6) is -0.832. The molecule has 0 aliphatic carbocycles. The molecule has 5 aliphatic rings. The molecule has 6 atom stereocenters. The molecule has 0 radical (unpaired) electrons. The molecule has 0 unspecified atom stereocenters. The fourth-order valence-electron chi connectivity index (χ4n) is 3.87. The Balaban J connectivity index is 0.000000177. The fraction of sp³-hybridized carbons (Fsp3) is 0.824. The Bertz CT molecular complexity index is 611. The SMILES string of the molecule is O=C(O[C@H]1CO[C@H]2OCC[C@H]21)ON1C(=O)CCC1=O.O[C@H]1CO[C@H]2OCC[C@H]21. The van der Waals surface area contributed by atoms with Crippen LogP contribution in [-0.4, -0.2) is 79.4 Å². The molecular weight excluding hydrogens is 378 g/mol. The molecule has 5 saturated heterocycles. The van der Waals surface area contributed by atoms with Gasteiger partial charge in [0, 0.05) is 18.8 Å². The van der Waals surface area contributed by atoms with Crippen LogP contribution in [0.2, 0.25) is 0 Å². The summed E-state index contributed by atoms with van der Waals surface area (Å²) in [5, 5.41) is 9.65. The highest BCUT2D eigenvalue weighted by atomic mass is 16.8. The topological polar surface area (TPSA) is 130 Å². The van der Waals surface area contributed by atoms with Crippen LogP contribution in [0.5, 0.6) is 0 Å². The molecule has 0 saturated carbocycles. The number of amides is 2. The number of nitrogens with zero attached hydrogens (tertiary/aromatic N) is 1. The molecule has 5 heterocycles. The van der Waals surface area contributed by atoms with Crippen molar-refractivity contribution in [1.82, 2.24) is 5.06 Å². The van der Waals surface area contributed by atoms with Gasteiger partial charge in [-0.15, -0.1) is 0 Å². The number of carbonyl (C=O) groups is 3. The maximum absolute atomic E-state index is 11.5. The van der Waals surface area contributed by atoms with Crippen LogP contribution in [0.25, 0.3) is 0 Å². The van der Waals surface area contributed by atoms with Crippen molar-refractivity contribution in [2.45, 2.75) is 50.5 Å². The second-order valence-electron chi connectivity index (χ2n) is 7.20. The van der Waals surface area contributed by atoms with Gasteiger partial charge in [0.05, 0.1) is 38.4 Å². The number of hydroxylamine groups is 2. The summed E-state index contributed by atoms with van der Waals surface area (Å²) >= 11 is 0. The molecule has 1 N–H and O–H groups in total. The molecule has 5 rings (SSSR count). The third-order valence-corrected chi connectivity index (χ3v) is 5.41. The molecular formula is C17H23NO10. The maximum Gasteiger partial charge on any atom is 0.534 e. The van der Waals surface area contributed by atoms with Crippen LogP contribution in [0.4, 0.5) is 4.79 Å². The highest BCUT2D eigenvalue weighted by Gasteiger charge is 2.45. The van der Waals surface area contributed by atoms with Crippen molar-refractivity contribution in [2.24, 2.45) is 11.8 Å². The largest absolute Gasteiger partial charge is 0.534 e. The Morgan fingerprint density at radius 1 is 0.929 bits per heavy atom. The molecule has 2 amide bonds. The average Bonchev–Trinajstić information content (AvgIpc) is 3.45. The maximum atomic E-state index is 11.5. The minimum Gasteiger partial charge on any atom is -0.426 e. The lowest BCUT2D eigenvalue weighted by molar-refractivity contribution is -0.179. The van der Waals surface area contributed by atoms with Gasteiger partial charge >= 0.3 is 6.16 Å². The summed E-state index contributed by atoms with van der Waals surface area (Å²) in [6, 6.07) is 0. The summed E-state index contributed by atoms with van der Waals surface area (Å²) in [6.45, 7) is 1.99. The van der Waals surface area contributed by atoms with Crippen molar-refractivity contribution < 1.29 is 48.0 Å². The molecule has 0 aromatic heterocycles. The minimum atomic E-state index is -1.07. The lowest BCUT2D eigenvalue weighted by Gasteiger charge is -2.17. The smallest absolute Gasteiger partial charge is 0.426 e. The van der Waals surface area contributed by atoms with Gasteiger partial charge in [-0.3, -0.25) is 14.4 Å². The van der Waals surface area contributed by atoms with E-state index in [9.17, 15) is 19.5 Å². The minimum absolute atomic E-state index is 0.0162. The van der Waals surface area contributed by atoms with Gasteiger partial charge in [-0.05, 0) is 12.8 Å². The van der Waals surface area contributed by atoms with Crippen molar-refractivity contribution >= 4 is 18.0 Å². The zero-order valence-electron chi connectivity index (χ0n) is 15.2. The molecule has 5 aliphatic heterocycles. The van der Waals surface area contributed by atoms with E-state index in [4.69, 9.17) is 23.7 Å². The van der Waals surface area contributed by atoms with Gasteiger partial charge in [0.25, 0.3) is 11.8 Å². The van der Waals surface area contributed by atoms with Gasteiger partial charge in [-0.25, -0.2) is 4.79 Å². The quantitative estimate of drug-likeness (QED) is 0.486. The van der Waals surface area contributed by atoms with Crippen LogP contribution in [0, 0.1) is 11.8 Å². The number of aliphatic hydroxyl groups is 1. The Hall–Kier alpha value is -1.79. The van der Waals surface area contributed by atoms with Gasteiger partial charge in [-0.1, -0.05) is 5.06 Å². The van der Waals surface area contributed by atoms with E-state index in [-0.39, 0.29) is 50.0 Å². The Labute approximate surface area is 160 Å². The molecule has 0 aromatic rings. The Kier molecular flexibility index (Phi) is 5.78. The van der Waals surface area contributed by atoms with Crippen LogP contribution >= 0.6 is 0 Å². The van der Waals surface area contributed by atoms with Crippen LogP contribution in [0.15, 0.2) is 0 Å². The highest BCUT2D eigenvalue weighted by Crippen LogP contribution is 2.33. The number of ether oxygens (including phenoxy) is 5. The first-order valence-corrected chi connectivity index (χ1v) is 9.42. The predicted octanol–water partition coefficient (Wildman–Crippen LogP) is -0.295. The second-order valence-corrected chi connectivity index (χ2v) is 7.20. The van der Waals surface area contributed by atoms with E-state index >= 15 is 0 Å². The first-order valence-electron chi connectivity index (χ1n) is 9.42. The molecule has 11 nitrogen and oxygen atoms in total. The number of fused-ring (bicyclic) bond motifs is 2. The normalized spacial score (nSPS) is 38.8. The number of rotatable bonds is 2. The summed E-state index contributed by atoms with van der Waals surface area (Å²) in [6.07, 6.45) is -0.451. The Morgan fingerprint density at radius 2 is 1.54 bits per heavy atom. The molecule has 0 bridgehead atoms. The number of carbonyl (C=O) groups excluding carboxylic acids is 3. The predicted molar refractivity (Wildman–Crippen MR) is 86.0 cm³/mol. The Morgan fingerprint density at radius 3 is 2.21 bits per heavy atom. The number of imide groups is 1. The molecule has 156 valence electrons. The van der Waals surface area contributed by atoms with Crippen molar-refractivity contribution in [1.29, 1.82) is 0 Å². The summed E-state index contributed by atoms with van der Waals surface area (Å²) < 4.78 is 25.9. The average molecular weight is 401 g/mol. The van der Waals surface area contributed by atoms with E-state index < -0.39 is 24.1 Å². The van der Waals surface area contributed by atoms with Crippen LogP contribution in [0.3, 0.4) is 0 Å². The zero-order valence-corrected chi connectivity index (χ0v) is 15.2. The number of hydrogen-bond donors (Lipinski definition) is 1. The fourth-order valence-corrected chi connectivity index (χ4v) is 3.87. The van der Waals surface area contributed by atoms with Gasteiger partial charge in [0.2, 0.25) is 0 Å². The van der Waals surface area contributed by atoms with Crippen LogP contribution in [0.1, 0.15) is 25.7 Å². The van der Waals surface area contributed by atoms with E-state index in [1.165, 1.54) is 0 Å². The molecule has 0 aromatic carbocycles. The van der Waals surface area contributed by atoms with Crippen molar-refractivity contribution in [3.05, 3.63) is 0 Å². The van der Waals surface area contributed by atoms with E-state index in [1.54, 1.807) is 0 Å². The standard InChI is InChI=1S/C11H13NO7.C6H10O3/c13-8-1-2-9(14)12(8)19-11(15)18-7-5-17-10-6(7)3-4-16-10;7-5-3-9-6-4(5)1-2-8-6/h6-7,10H,1-5H2;4-7H,1-3H2/t6-,7-,10+;4-,5-,6+/m00/s1. The lowest BCUT2D eigenvalue weighted by Crippen LogP contribution is -2.35. The van der Waals surface area contributed by atoms with E-state index in [0.29, 0.717) is 18.3 Å². The molecule has 28 heavy (non-hydrogen) atoms. The molecule has 0 spiro atoms. The van der Waals surface area contributed by atoms with E-state index in [1.807, 2.05) is 0 Å². The van der Waals surface area contributed by atoms with Crippen LogP contribution in [-0.2, 0) is 38.1 Å². The first kappa shape index (κ1) is 19.5. The monoisotopic (exact) mass is 401 g/mol. The van der Waals surface area contributed by atoms with Crippen molar-refractivity contribution in [3.63, 3.8) is 0 Å². The lowest BCUT2D eigenvalue weighted by atomic mass is 10.0. The van der Waals surface area contributed by atoms with Crippen molar-refractivity contribution in [2.75, 3.05) is 26.4 Å². The summed E-state index contributed by atoms with van der Waals surface area (Å²) in [7, 11) is 0. The van der Waals surface area contributed by atoms with Gasteiger partial charge in [0.15, 0.2) is 12.6 Å². The third kappa shape index (κ3) is 3.98. The van der Waals surface area contributed by atoms with E-state index in [2.05, 4.69) is 4.84 Å². The zero-order chi connectivity index (χ0) is 19.7. The highest BCUT2D eigenvalue weighted by molar-refractivity contribution is 6.01. The van der Waals surface area contributed by atoms with Crippen molar-refractivity contribution in [3.8, 4) is 0 Å². The molecule has 5 fully saturated rings. The second kappa shape index (κ2) is 8.29. The number of hydrogen-bond acceptors (Lipinski definition) is 10. The summed E-state index contributed by atoms with van der Waals surface area (Å²) in [4.78, 5) is 38.7. The van der Waals surface area contributed by atoms with E-state index in [0.717, 1.165) is 19.4 Å².